The summed E-state index contributed by atoms with van der Waals surface area (Å²) in [5.41, 5.74) is 0.998. The van der Waals surface area contributed by atoms with Crippen LogP contribution in [-0.2, 0) is 16.1 Å². The van der Waals surface area contributed by atoms with Crippen molar-refractivity contribution in [3.8, 4) is 5.75 Å². The number of carboxylic acids is 1. The highest BCUT2D eigenvalue weighted by molar-refractivity contribution is 5.67. The summed E-state index contributed by atoms with van der Waals surface area (Å²) in [4.78, 5) is 10.4. The number of carbonyl (C=O) groups is 1. The topological polar surface area (TPSA) is 55.8 Å². The highest BCUT2D eigenvalue weighted by Crippen LogP contribution is 2.12. The van der Waals surface area contributed by atoms with E-state index in [1.165, 1.54) is 0 Å². The largest absolute Gasteiger partial charge is 0.497 e. The van der Waals surface area contributed by atoms with Crippen LogP contribution in [0.2, 0.25) is 0 Å². The van der Waals surface area contributed by atoms with Crippen LogP contribution < -0.4 is 4.74 Å². The fourth-order valence-electron chi connectivity index (χ4n) is 1.27. The number of methoxy groups -OCH3 is 1. The molecule has 0 saturated heterocycles. The van der Waals surface area contributed by atoms with Gasteiger partial charge in [-0.2, -0.15) is 0 Å². The Kier molecular flexibility index (Phi) is 4.79. The summed E-state index contributed by atoms with van der Waals surface area (Å²) in [5, 5.41) is 8.55. The number of benzene rings is 1. The van der Waals surface area contributed by atoms with Crippen molar-refractivity contribution in [3.63, 3.8) is 0 Å². The van der Waals surface area contributed by atoms with Crippen molar-refractivity contribution >= 4 is 5.97 Å². The highest BCUT2D eigenvalue weighted by Gasteiger charge is 2.07. The third kappa shape index (κ3) is 4.31. The summed E-state index contributed by atoms with van der Waals surface area (Å²) >= 11 is 0. The van der Waals surface area contributed by atoms with Crippen LogP contribution in [0.25, 0.3) is 0 Å². The fraction of sp³-hybridized carbons (Fsp3) is 0.417. The zero-order valence-electron chi connectivity index (χ0n) is 9.47. The van der Waals surface area contributed by atoms with E-state index in [2.05, 4.69) is 0 Å². The lowest BCUT2D eigenvalue weighted by atomic mass is 10.2. The van der Waals surface area contributed by atoms with Crippen molar-refractivity contribution in [2.75, 3.05) is 7.11 Å². The Morgan fingerprint density at radius 3 is 2.50 bits per heavy atom. The van der Waals surface area contributed by atoms with Gasteiger partial charge in [-0.1, -0.05) is 12.1 Å². The summed E-state index contributed by atoms with van der Waals surface area (Å²) < 4.78 is 10.4. The molecule has 0 radical (unpaired) electrons. The average Bonchev–Trinajstić information content (AvgIpc) is 2.26. The normalized spacial score (nSPS) is 12.1. The van der Waals surface area contributed by atoms with Crippen LogP contribution in [0.1, 0.15) is 18.9 Å². The molecule has 88 valence electrons. The minimum Gasteiger partial charge on any atom is -0.497 e. The van der Waals surface area contributed by atoms with Crippen molar-refractivity contribution in [2.24, 2.45) is 0 Å². The van der Waals surface area contributed by atoms with E-state index in [1.54, 1.807) is 14.0 Å². The molecule has 0 amide bonds. The molecule has 16 heavy (non-hydrogen) atoms. The summed E-state index contributed by atoms with van der Waals surface area (Å²) in [7, 11) is 1.61. The number of hydrogen-bond acceptors (Lipinski definition) is 3. The summed E-state index contributed by atoms with van der Waals surface area (Å²) in [6.07, 6.45) is -0.254. The Morgan fingerprint density at radius 1 is 1.38 bits per heavy atom. The molecule has 4 heteroatoms. The van der Waals surface area contributed by atoms with Gasteiger partial charge in [0.05, 0.1) is 26.2 Å². The molecular weight excluding hydrogens is 208 g/mol. The van der Waals surface area contributed by atoms with E-state index < -0.39 is 5.97 Å². The first kappa shape index (κ1) is 12.5. The number of hydrogen-bond donors (Lipinski definition) is 1. The molecular formula is C12H16O4. The molecule has 4 nitrogen and oxygen atoms in total. The smallest absolute Gasteiger partial charge is 0.305 e. The van der Waals surface area contributed by atoms with E-state index >= 15 is 0 Å². The van der Waals surface area contributed by atoms with Gasteiger partial charge < -0.3 is 14.6 Å². The van der Waals surface area contributed by atoms with E-state index in [4.69, 9.17) is 14.6 Å². The lowest BCUT2D eigenvalue weighted by Gasteiger charge is -2.10. The molecule has 0 aromatic heterocycles. The molecule has 0 fully saturated rings. The number of ether oxygens (including phenoxy) is 2. The fourth-order valence-corrected chi connectivity index (χ4v) is 1.27. The average molecular weight is 224 g/mol. The number of aliphatic carboxylic acids is 1. The summed E-state index contributed by atoms with van der Waals surface area (Å²) in [6, 6.07) is 7.49. The Morgan fingerprint density at radius 2 is 2.00 bits per heavy atom. The standard InChI is InChI=1S/C12H16O4/c1-9(7-12(13)14)16-8-10-3-5-11(15-2)6-4-10/h3-6,9H,7-8H2,1-2H3,(H,13,14)/t9-/m0/s1. The van der Waals surface area contributed by atoms with E-state index in [-0.39, 0.29) is 12.5 Å². The Balaban J connectivity index is 2.39. The molecule has 0 unspecified atom stereocenters. The minimum atomic E-state index is -0.845. The second kappa shape index (κ2) is 6.12. The van der Waals surface area contributed by atoms with Crippen LogP contribution in [0.15, 0.2) is 24.3 Å². The SMILES string of the molecule is COc1ccc(CO[C@@H](C)CC(=O)O)cc1. The zero-order valence-corrected chi connectivity index (χ0v) is 9.47. The molecule has 1 rings (SSSR count). The van der Waals surface area contributed by atoms with Crippen LogP contribution in [0.3, 0.4) is 0 Å². The molecule has 1 N–H and O–H groups in total. The molecule has 0 spiro atoms. The molecule has 0 bridgehead atoms. The van der Waals surface area contributed by atoms with Gasteiger partial charge in [-0.3, -0.25) is 4.79 Å². The lowest BCUT2D eigenvalue weighted by Crippen LogP contribution is -2.13. The molecule has 0 aliphatic carbocycles. The van der Waals surface area contributed by atoms with Crippen LogP contribution in [0.5, 0.6) is 5.75 Å². The predicted molar refractivity (Wildman–Crippen MR) is 59.5 cm³/mol. The van der Waals surface area contributed by atoms with Crippen molar-refractivity contribution in [1.29, 1.82) is 0 Å². The van der Waals surface area contributed by atoms with Crippen molar-refractivity contribution in [3.05, 3.63) is 29.8 Å². The van der Waals surface area contributed by atoms with Crippen molar-refractivity contribution in [1.82, 2.24) is 0 Å². The van der Waals surface area contributed by atoms with Gasteiger partial charge in [0.2, 0.25) is 0 Å². The van der Waals surface area contributed by atoms with Gasteiger partial charge in [0.1, 0.15) is 5.75 Å². The Hall–Kier alpha value is -1.55. The maximum absolute atomic E-state index is 10.4. The highest BCUT2D eigenvalue weighted by atomic mass is 16.5. The first-order valence-electron chi connectivity index (χ1n) is 5.08. The van der Waals surface area contributed by atoms with Crippen LogP contribution in [0, 0.1) is 0 Å². The molecule has 0 saturated carbocycles. The second-order valence-corrected chi connectivity index (χ2v) is 3.57. The van der Waals surface area contributed by atoms with Gasteiger partial charge >= 0.3 is 5.97 Å². The van der Waals surface area contributed by atoms with Crippen molar-refractivity contribution < 1.29 is 19.4 Å². The number of carboxylic acid groups (broad SMARTS) is 1. The van der Waals surface area contributed by atoms with E-state index in [0.29, 0.717) is 6.61 Å². The molecule has 1 aromatic rings. The maximum atomic E-state index is 10.4. The third-order valence-corrected chi connectivity index (χ3v) is 2.16. The Labute approximate surface area is 94.8 Å². The van der Waals surface area contributed by atoms with Crippen molar-refractivity contribution in [2.45, 2.75) is 26.1 Å². The van der Waals surface area contributed by atoms with Gasteiger partial charge in [0, 0.05) is 0 Å². The van der Waals surface area contributed by atoms with Gasteiger partial charge in [-0.05, 0) is 24.6 Å². The zero-order chi connectivity index (χ0) is 12.0. The van der Waals surface area contributed by atoms with E-state index in [0.717, 1.165) is 11.3 Å². The number of rotatable bonds is 6. The van der Waals surface area contributed by atoms with E-state index in [9.17, 15) is 4.79 Å². The van der Waals surface area contributed by atoms with Gasteiger partial charge in [0.25, 0.3) is 0 Å². The first-order chi connectivity index (χ1) is 7.61. The van der Waals surface area contributed by atoms with Crippen LogP contribution in [0.4, 0.5) is 0 Å². The predicted octanol–water partition coefficient (Wildman–Crippen LogP) is 2.08. The second-order valence-electron chi connectivity index (χ2n) is 3.57. The first-order valence-corrected chi connectivity index (χ1v) is 5.08. The van der Waals surface area contributed by atoms with Crippen LogP contribution in [-0.4, -0.2) is 24.3 Å². The monoisotopic (exact) mass is 224 g/mol. The molecule has 1 aromatic carbocycles. The molecule has 0 heterocycles. The lowest BCUT2D eigenvalue weighted by molar-refractivity contribution is -0.140. The third-order valence-electron chi connectivity index (χ3n) is 2.16. The van der Waals surface area contributed by atoms with E-state index in [1.807, 2.05) is 24.3 Å². The summed E-state index contributed by atoms with van der Waals surface area (Å²) in [5.74, 6) is -0.0513. The molecule has 0 aliphatic heterocycles. The van der Waals surface area contributed by atoms with Crippen LogP contribution >= 0.6 is 0 Å². The molecule has 1 atom stereocenters. The molecule has 0 aliphatic rings. The quantitative estimate of drug-likeness (QED) is 0.803. The van der Waals surface area contributed by atoms with Gasteiger partial charge in [0.15, 0.2) is 0 Å². The van der Waals surface area contributed by atoms with Gasteiger partial charge in [-0.25, -0.2) is 0 Å². The minimum absolute atomic E-state index is 0.0240. The Bertz CT molecular complexity index is 331. The maximum Gasteiger partial charge on any atom is 0.305 e. The van der Waals surface area contributed by atoms with Gasteiger partial charge in [-0.15, -0.1) is 0 Å². The summed E-state index contributed by atoms with van der Waals surface area (Å²) in [6.45, 7) is 2.16.